The molecule has 0 spiro atoms. The third-order valence-corrected chi connectivity index (χ3v) is 4.26. The number of amides is 1. The zero-order valence-electron chi connectivity index (χ0n) is 12.8. The lowest BCUT2D eigenvalue weighted by molar-refractivity contribution is -0.130. The number of nitrogens with two attached hydrogens (primary N) is 1. The second-order valence-electron chi connectivity index (χ2n) is 5.88. The van der Waals surface area contributed by atoms with Crippen LogP contribution in [0.25, 0.3) is 0 Å². The van der Waals surface area contributed by atoms with Crippen LogP contribution in [0.5, 0.6) is 0 Å². The van der Waals surface area contributed by atoms with Gasteiger partial charge >= 0.3 is 0 Å². The predicted octanol–water partition coefficient (Wildman–Crippen LogP) is 2.35. The molecular formula is C17H26N2O2. The molecule has 4 heteroatoms. The summed E-state index contributed by atoms with van der Waals surface area (Å²) >= 11 is 0. The number of nitrogens with zero attached hydrogens (tertiary/aromatic N) is 1. The molecule has 1 amide bonds. The van der Waals surface area contributed by atoms with Crippen LogP contribution in [0.15, 0.2) is 30.3 Å². The highest BCUT2D eigenvalue weighted by molar-refractivity contribution is 5.76. The standard InChI is InChI=1S/C17H26N2O2/c1-19(10-7-14-8-11-21-12-9-14)17(20)13-16(18)15-5-3-2-4-6-15/h2-6,14,16H,7-13,18H2,1H3. The number of benzene rings is 1. The van der Waals surface area contributed by atoms with Crippen molar-refractivity contribution in [3.05, 3.63) is 35.9 Å². The van der Waals surface area contributed by atoms with Crippen molar-refractivity contribution in [3.63, 3.8) is 0 Å². The van der Waals surface area contributed by atoms with E-state index >= 15 is 0 Å². The van der Waals surface area contributed by atoms with Gasteiger partial charge < -0.3 is 15.4 Å². The largest absolute Gasteiger partial charge is 0.381 e. The Balaban J connectivity index is 1.74. The Bertz CT molecular complexity index is 430. The zero-order chi connectivity index (χ0) is 15.1. The van der Waals surface area contributed by atoms with Gasteiger partial charge in [-0.2, -0.15) is 0 Å². The first kappa shape index (κ1) is 16.0. The molecule has 1 aliphatic rings. The third-order valence-electron chi connectivity index (χ3n) is 4.26. The summed E-state index contributed by atoms with van der Waals surface area (Å²) in [7, 11) is 1.87. The first-order chi connectivity index (χ1) is 10.2. The number of rotatable bonds is 6. The summed E-state index contributed by atoms with van der Waals surface area (Å²) in [5.74, 6) is 0.815. The molecule has 1 unspecified atom stereocenters. The van der Waals surface area contributed by atoms with Crippen LogP contribution in [-0.2, 0) is 9.53 Å². The van der Waals surface area contributed by atoms with E-state index in [1.807, 2.05) is 42.3 Å². The SMILES string of the molecule is CN(CCC1CCOCC1)C(=O)CC(N)c1ccccc1. The van der Waals surface area contributed by atoms with Gasteiger partial charge in [-0.05, 0) is 30.7 Å². The molecule has 1 aromatic carbocycles. The Labute approximate surface area is 127 Å². The topological polar surface area (TPSA) is 55.6 Å². The van der Waals surface area contributed by atoms with E-state index in [0.717, 1.165) is 44.6 Å². The van der Waals surface area contributed by atoms with Crippen molar-refractivity contribution in [1.82, 2.24) is 4.90 Å². The van der Waals surface area contributed by atoms with E-state index in [9.17, 15) is 4.79 Å². The predicted molar refractivity (Wildman–Crippen MR) is 83.8 cm³/mol. The van der Waals surface area contributed by atoms with E-state index in [1.165, 1.54) is 0 Å². The zero-order valence-corrected chi connectivity index (χ0v) is 12.8. The molecule has 1 heterocycles. The Morgan fingerprint density at radius 3 is 2.67 bits per heavy atom. The maximum Gasteiger partial charge on any atom is 0.224 e. The lowest BCUT2D eigenvalue weighted by atomic mass is 9.96. The molecule has 116 valence electrons. The molecule has 1 saturated heterocycles. The Hall–Kier alpha value is -1.39. The molecule has 0 radical (unpaired) electrons. The molecule has 4 nitrogen and oxygen atoms in total. The fraction of sp³-hybridized carbons (Fsp3) is 0.588. The minimum absolute atomic E-state index is 0.124. The van der Waals surface area contributed by atoms with Crippen LogP contribution in [0.2, 0.25) is 0 Å². The van der Waals surface area contributed by atoms with E-state index in [-0.39, 0.29) is 11.9 Å². The number of ether oxygens (including phenoxy) is 1. The van der Waals surface area contributed by atoms with E-state index in [1.54, 1.807) is 0 Å². The smallest absolute Gasteiger partial charge is 0.224 e. The lowest BCUT2D eigenvalue weighted by Crippen LogP contribution is -2.32. The van der Waals surface area contributed by atoms with Crippen molar-refractivity contribution in [2.45, 2.75) is 31.7 Å². The number of carbonyl (C=O) groups excluding carboxylic acids is 1. The minimum Gasteiger partial charge on any atom is -0.381 e. The molecule has 0 bridgehead atoms. The first-order valence-corrected chi connectivity index (χ1v) is 7.79. The van der Waals surface area contributed by atoms with Crippen molar-refractivity contribution >= 4 is 5.91 Å². The molecule has 1 aliphatic heterocycles. The molecule has 0 aromatic heterocycles. The van der Waals surface area contributed by atoms with E-state index in [0.29, 0.717) is 12.3 Å². The second-order valence-corrected chi connectivity index (χ2v) is 5.88. The Morgan fingerprint density at radius 2 is 2.00 bits per heavy atom. The van der Waals surface area contributed by atoms with Gasteiger partial charge in [0.2, 0.25) is 5.91 Å². The summed E-state index contributed by atoms with van der Waals surface area (Å²) in [5.41, 5.74) is 7.13. The fourth-order valence-electron chi connectivity index (χ4n) is 2.70. The van der Waals surface area contributed by atoms with Gasteiger partial charge in [0.1, 0.15) is 0 Å². The van der Waals surface area contributed by atoms with Gasteiger partial charge in [-0.25, -0.2) is 0 Å². The van der Waals surface area contributed by atoms with Crippen molar-refractivity contribution in [3.8, 4) is 0 Å². The van der Waals surface area contributed by atoms with Gasteiger partial charge in [0, 0.05) is 39.3 Å². The van der Waals surface area contributed by atoms with Gasteiger partial charge in [0.25, 0.3) is 0 Å². The highest BCUT2D eigenvalue weighted by Gasteiger charge is 2.18. The molecule has 0 aliphatic carbocycles. The molecule has 21 heavy (non-hydrogen) atoms. The van der Waals surface area contributed by atoms with Gasteiger partial charge in [0.15, 0.2) is 0 Å². The number of hydrogen-bond acceptors (Lipinski definition) is 3. The summed E-state index contributed by atoms with van der Waals surface area (Å²) in [4.78, 5) is 14.0. The van der Waals surface area contributed by atoms with Gasteiger partial charge in [0.05, 0.1) is 0 Å². The van der Waals surface area contributed by atoms with Crippen LogP contribution >= 0.6 is 0 Å². The summed E-state index contributed by atoms with van der Waals surface area (Å²) in [6.45, 7) is 2.54. The molecule has 1 fully saturated rings. The van der Waals surface area contributed by atoms with Crippen LogP contribution < -0.4 is 5.73 Å². The van der Waals surface area contributed by atoms with Crippen LogP contribution in [0.1, 0.15) is 37.3 Å². The highest BCUT2D eigenvalue weighted by Crippen LogP contribution is 2.19. The molecule has 2 rings (SSSR count). The normalized spacial score (nSPS) is 17.4. The van der Waals surface area contributed by atoms with Crippen molar-refractivity contribution in [2.24, 2.45) is 11.7 Å². The molecule has 1 atom stereocenters. The monoisotopic (exact) mass is 290 g/mol. The summed E-state index contributed by atoms with van der Waals surface area (Å²) in [5, 5.41) is 0. The average molecular weight is 290 g/mol. The maximum atomic E-state index is 12.2. The molecule has 0 saturated carbocycles. The van der Waals surface area contributed by atoms with Crippen LogP contribution in [0, 0.1) is 5.92 Å². The molecule has 1 aromatic rings. The quantitative estimate of drug-likeness (QED) is 0.875. The second kappa shape index (κ2) is 8.15. The van der Waals surface area contributed by atoms with Gasteiger partial charge in [-0.15, -0.1) is 0 Å². The Kier molecular flexibility index (Phi) is 6.21. The Morgan fingerprint density at radius 1 is 1.33 bits per heavy atom. The van der Waals surface area contributed by atoms with Gasteiger partial charge in [-0.3, -0.25) is 4.79 Å². The van der Waals surface area contributed by atoms with E-state index in [4.69, 9.17) is 10.5 Å². The summed E-state index contributed by atoms with van der Waals surface area (Å²) in [6.07, 6.45) is 3.66. The van der Waals surface area contributed by atoms with E-state index in [2.05, 4.69) is 0 Å². The summed E-state index contributed by atoms with van der Waals surface area (Å²) < 4.78 is 5.36. The van der Waals surface area contributed by atoms with Crippen LogP contribution in [-0.4, -0.2) is 37.6 Å². The fourth-order valence-corrected chi connectivity index (χ4v) is 2.70. The third kappa shape index (κ3) is 5.14. The number of carbonyl (C=O) groups is 1. The summed E-state index contributed by atoms with van der Waals surface area (Å²) in [6, 6.07) is 9.59. The van der Waals surface area contributed by atoms with Gasteiger partial charge in [-0.1, -0.05) is 30.3 Å². The molecule has 2 N–H and O–H groups in total. The first-order valence-electron chi connectivity index (χ1n) is 7.79. The number of hydrogen-bond donors (Lipinski definition) is 1. The maximum absolute atomic E-state index is 12.2. The minimum atomic E-state index is -0.218. The molecular weight excluding hydrogens is 264 g/mol. The van der Waals surface area contributed by atoms with Crippen LogP contribution in [0.3, 0.4) is 0 Å². The average Bonchev–Trinajstić information content (AvgIpc) is 2.54. The van der Waals surface area contributed by atoms with Crippen molar-refractivity contribution < 1.29 is 9.53 Å². The van der Waals surface area contributed by atoms with E-state index < -0.39 is 0 Å². The highest BCUT2D eigenvalue weighted by atomic mass is 16.5. The van der Waals surface area contributed by atoms with Crippen LogP contribution in [0.4, 0.5) is 0 Å². The van der Waals surface area contributed by atoms with Crippen molar-refractivity contribution in [1.29, 1.82) is 0 Å². The van der Waals surface area contributed by atoms with Crippen molar-refractivity contribution in [2.75, 3.05) is 26.8 Å². The lowest BCUT2D eigenvalue weighted by Gasteiger charge is -2.25.